The second kappa shape index (κ2) is 15.4. The Bertz CT molecular complexity index is 1160. The molecular weight excluding hydrogens is 505 g/mol. The lowest BCUT2D eigenvalue weighted by molar-refractivity contribution is -0.0191. The van der Waals surface area contributed by atoms with E-state index in [4.69, 9.17) is 4.74 Å². The van der Waals surface area contributed by atoms with E-state index in [1.165, 1.54) is 19.3 Å². The van der Waals surface area contributed by atoms with Gasteiger partial charge in [-0.2, -0.15) is 0 Å². The number of rotatable bonds is 13. The quantitative estimate of drug-likeness (QED) is 0.178. The van der Waals surface area contributed by atoms with E-state index in [0.717, 1.165) is 50.5 Å². The third-order valence-corrected chi connectivity index (χ3v) is 8.45. The van der Waals surface area contributed by atoms with Gasteiger partial charge in [-0.25, -0.2) is 13.2 Å². The molecule has 0 N–H and O–H groups in total. The molecule has 1 aliphatic heterocycles. The molecule has 1 nitrogen and oxygen atoms in total. The molecule has 4 unspecified atom stereocenters. The maximum atomic E-state index is 15.2. The van der Waals surface area contributed by atoms with Crippen LogP contribution < -0.4 is 0 Å². The summed E-state index contributed by atoms with van der Waals surface area (Å²) >= 11 is 0. The number of hydrogen-bond donors (Lipinski definition) is 0. The van der Waals surface area contributed by atoms with Gasteiger partial charge in [0, 0.05) is 5.56 Å². The van der Waals surface area contributed by atoms with Gasteiger partial charge < -0.3 is 4.74 Å². The maximum Gasteiger partial charge on any atom is 0.161 e. The summed E-state index contributed by atoms with van der Waals surface area (Å²) < 4.78 is 51.3. The van der Waals surface area contributed by atoms with Gasteiger partial charge in [-0.05, 0) is 85.3 Å². The zero-order chi connectivity index (χ0) is 28.3. The Morgan fingerprint density at radius 2 is 1.62 bits per heavy atom. The van der Waals surface area contributed by atoms with Crippen molar-refractivity contribution < 1.29 is 17.9 Å². The van der Waals surface area contributed by atoms with Gasteiger partial charge in [-0.1, -0.05) is 99.7 Å². The summed E-state index contributed by atoms with van der Waals surface area (Å²) in [5, 5.41) is 0. The molecule has 1 aliphatic carbocycles. The summed E-state index contributed by atoms with van der Waals surface area (Å²) in [4.78, 5) is 0. The van der Waals surface area contributed by atoms with E-state index in [2.05, 4.69) is 19.1 Å². The largest absolute Gasteiger partial charge is 0.373 e. The van der Waals surface area contributed by atoms with Crippen molar-refractivity contribution in [1.29, 1.82) is 0 Å². The Hall–Kier alpha value is -2.59. The molecule has 4 atom stereocenters. The Balaban J connectivity index is 1.36. The van der Waals surface area contributed by atoms with E-state index in [1.807, 2.05) is 13.0 Å². The minimum atomic E-state index is -1.68. The Kier molecular flexibility index (Phi) is 11.7. The van der Waals surface area contributed by atoms with Crippen molar-refractivity contribution in [1.82, 2.24) is 0 Å². The second-order valence-corrected chi connectivity index (χ2v) is 11.4. The van der Waals surface area contributed by atoms with Crippen LogP contribution in [0.4, 0.5) is 13.2 Å². The second-order valence-electron chi connectivity index (χ2n) is 11.4. The number of alkyl halides is 2. The van der Waals surface area contributed by atoms with Crippen molar-refractivity contribution in [3.63, 3.8) is 0 Å². The predicted octanol–water partition coefficient (Wildman–Crippen LogP) is 11.1. The predicted molar refractivity (Wildman–Crippen MR) is 161 cm³/mol. The number of benzene rings is 2. The van der Waals surface area contributed by atoms with Crippen LogP contribution in [0.15, 0.2) is 72.3 Å². The molecule has 2 aliphatic rings. The van der Waals surface area contributed by atoms with E-state index in [0.29, 0.717) is 46.8 Å². The molecule has 0 radical (unpaired) electrons. The van der Waals surface area contributed by atoms with Gasteiger partial charge in [0.2, 0.25) is 0 Å². The van der Waals surface area contributed by atoms with Gasteiger partial charge in [-0.15, -0.1) is 0 Å². The number of hydrogen-bond acceptors (Lipinski definition) is 1. The minimum absolute atomic E-state index is 0.0729. The highest BCUT2D eigenvalue weighted by Gasteiger charge is 2.31. The van der Waals surface area contributed by atoms with Crippen LogP contribution in [-0.4, -0.2) is 19.0 Å². The molecule has 0 spiro atoms. The molecule has 0 aromatic heterocycles. The number of unbranched alkanes of at least 4 members (excludes halogenated alkanes) is 5. The molecule has 2 aromatic carbocycles. The monoisotopic (exact) mass is 550 g/mol. The van der Waals surface area contributed by atoms with Gasteiger partial charge in [0.05, 0.1) is 12.7 Å². The van der Waals surface area contributed by atoms with Gasteiger partial charge >= 0.3 is 0 Å². The van der Waals surface area contributed by atoms with Crippen LogP contribution in [0.5, 0.6) is 0 Å². The van der Waals surface area contributed by atoms with Crippen LogP contribution in [0.25, 0.3) is 16.7 Å². The van der Waals surface area contributed by atoms with E-state index >= 15 is 8.78 Å². The fourth-order valence-corrected chi connectivity index (χ4v) is 5.92. The lowest BCUT2D eigenvalue weighted by Gasteiger charge is -2.29. The SMILES string of the molecule is C/C=C/CCC1CCC(c2ccc(-c3ccc(C4=CC=C(CCCCCCCC)C(F)C4F)cc3)c(F)c2)OC1. The highest BCUT2D eigenvalue weighted by Crippen LogP contribution is 2.37. The fourth-order valence-electron chi connectivity index (χ4n) is 5.92. The van der Waals surface area contributed by atoms with Gasteiger partial charge in [0.15, 0.2) is 12.3 Å². The van der Waals surface area contributed by atoms with Crippen molar-refractivity contribution in [2.24, 2.45) is 5.92 Å². The molecule has 1 heterocycles. The first-order valence-corrected chi connectivity index (χ1v) is 15.3. The summed E-state index contributed by atoms with van der Waals surface area (Å²) in [7, 11) is 0. The summed E-state index contributed by atoms with van der Waals surface area (Å²) in [6, 6.07) is 12.4. The summed E-state index contributed by atoms with van der Waals surface area (Å²) in [5.74, 6) is 0.267. The van der Waals surface area contributed by atoms with E-state index in [9.17, 15) is 4.39 Å². The summed E-state index contributed by atoms with van der Waals surface area (Å²) in [5.41, 5.74) is 3.61. The van der Waals surface area contributed by atoms with Crippen molar-refractivity contribution in [2.45, 2.75) is 103 Å². The lowest BCUT2D eigenvalue weighted by atomic mass is 9.87. The molecule has 40 heavy (non-hydrogen) atoms. The third-order valence-electron chi connectivity index (χ3n) is 8.45. The number of ether oxygens (including phenoxy) is 1. The zero-order valence-electron chi connectivity index (χ0n) is 24.2. The van der Waals surface area contributed by atoms with Crippen LogP contribution in [0.2, 0.25) is 0 Å². The third kappa shape index (κ3) is 8.00. The lowest BCUT2D eigenvalue weighted by Crippen LogP contribution is -2.24. The molecule has 4 heteroatoms. The Morgan fingerprint density at radius 1 is 0.875 bits per heavy atom. The molecule has 2 aromatic rings. The standard InChI is InChI=1S/C36H45F3O/c1-3-5-7-8-9-11-13-29-19-22-32(36(39)35(29)38)28-17-15-27(16-18-28)31-21-20-30(24-33(31)37)34-23-14-26(25-40-34)12-10-6-4-2/h4,6,15-22,24,26,34-36H,3,5,7-14,23,25H2,1-2H3/b6-4+. The van der Waals surface area contributed by atoms with Crippen LogP contribution in [0.1, 0.15) is 102 Å². The average molecular weight is 551 g/mol. The summed E-state index contributed by atoms with van der Waals surface area (Å²) in [6.07, 6.45) is 15.9. The minimum Gasteiger partial charge on any atom is -0.373 e. The van der Waals surface area contributed by atoms with Crippen molar-refractivity contribution in [2.75, 3.05) is 6.61 Å². The van der Waals surface area contributed by atoms with E-state index < -0.39 is 12.3 Å². The topological polar surface area (TPSA) is 9.23 Å². The first-order valence-electron chi connectivity index (χ1n) is 15.3. The molecule has 1 fully saturated rings. The molecule has 0 amide bonds. The van der Waals surface area contributed by atoms with Crippen molar-refractivity contribution >= 4 is 5.57 Å². The molecule has 1 saturated heterocycles. The number of allylic oxidation sites excluding steroid dienone is 6. The van der Waals surface area contributed by atoms with Crippen LogP contribution in [0, 0.1) is 11.7 Å². The van der Waals surface area contributed by atoms with Gasteiger partial charge in [0.1, 0.15) is 5.82 Å². The molecule has 0 saturated carbocycles. The highest BCUT2D eigenvalue weighted by molar-refractivity contribution is 5.75. The molecular formula is C36H45F3O. The average Bonchev–Trinajstić information content (AvgIpc) is 2.98. The van der Waals surface area contributed by atoms with Crippen LogP contribution in [0.3, 0.4) is 0 Å². The highest BCUT2D eigenvalue weighted by atomic mass is 19.2. The zero-order valence-corrected chi connectivity index (χ0v) is 24.2. The Labute approximate surface area is 239 Å². The normalized spacial score (nSPS) is 23.3. The summed E-state index contributed by atoms with van der Waals surface area (Å²) in [6.45, 7) is 4.94. The fraction of sp³-hybridized carbons (Fsp3) is 0.500. The smallest absolute Gasteiger partial charge is 0.161 e. The van der Waals surface area contributed by atoms with Crippen LogP contribution >= 0.6 is 0 Å². The molecule has 216 valence electrons. The van der Waals surface area contributed by atoms with Gasteiger partial charge in [0.25, 0.3) is 0 Å². The molecule has 4 rings (SSSR count). The van der Waals surface area contributed by atoms with Gasteiger partial charge in [-0.3, -0.25) is 0 Å². The maximum absolute atomic E-state index is 15.2. The first kappa shape index (κ1) is 30.4. The molecule has 0 bridgehead atoms. The van der Waals surface area contributed by atoms with Crippen LogP contribution in [-0.2, 0) is 4.74 Å². The van der Waals surface area contributed by atoms with Crippen molar-refractivity contribution in [3.8, 4) is 11.1 Å². The first-order chi connectivity index (χ1) is 19.5. The van der Waals surface area contributed by atoms with E-state index in [1.54, 1.807) is 48.6 Å². The van der Waals surface area contributed by atoms with E-state index in [-0.39, 0.29) is 11.9 Å². The Morgan fingerprint density at radius 3 is 2.33 bits per heavy atom. The number of halogens is 3. The van der Waals surface area contributed by atoms with Crippen molar-refractivity contribution in [3.05, 3.63) is 89.3 Å².